The van der Waals surface area contributed by atoms with Crippen molar-refractivity contribution in [2.45, 2.75) is 18.9 Å². The van der Waals surface area contributed by atoms with Crippen molar-refractivity contribution in [3.8, 4) is 0 Å². The van der Waals surface area contributed by atoms with E-state index in [9.17, 15) is 0 Å². The van der Waals surface area contributed by atoms with Crippen molar-refractivity contribution in [2.75, 3.05) is 6.61 Å². The molecule has 3 N–H and O–H groups in total. The van der Waals surface area contributed by atoms with Gasteiger partial charge in [-0.2, -0.15) is 0 Å². The Labute approximate surface area is 119 Å². The Bertz CT molecular complexity index is 437. The number of ether oxygens (including phenoxy) is 1. The quantitative estimate of drug-likeness (QED) is 0.492. The number of rotatable bonds is 3. The van der Waals surface area contributed by atoms with Crippen molar-refractivity contribution in [3.63, 3.8) is 0 Å². The standard InChI is InChI=1S/C12H14ClIN2O/c13-9-3-4-11(14)10(6-9)12(16-15)8-2-1-5-17-7-8/h3-4,6-7,12,16H,1-2,5,15H2. The van der Waals surface area contributed by atoms with Gasteiger partial charge in [0.2, 0.25) is 0 Å². The number of nitrogens with one attached hydrogen (secondary N) is 1. The molecule has 2 rings (SSSR count). The summed E-state index contributed by atoms with van der Waals surface area (Å²) in [6.07, 6.45) is 3.84. The second-order valence-corrected chi connectivity index (χ2v) is 5.53. The van der Waals surface area contributed by atoms with Gasteiger partial charge < -0.3 is 4.74 Å². The number of halogens is 2. The number of hydrogen-bond acceptors (Lipinski definition) is 3. The van der Waals surface area contributed by atoms with E-state index in [2.05, 4.69) is 28.0 Å². The summed E-state index contributed by atoms with van der Waals surface area (Å²) in [7, 11) is 0. The first-order chi connectivity index (χ1) is 8.22. The number of hydrazine groups is 1. The molecule has 0 saturated carbocycles. The van der Waals surface area contributed by atoms with E-state index in [0.717, 1.165) is 33.6 Å². The van der Waals surface area contributed by atoms with Gasteiger partial charge in [0, 0.05) is 8.59 Å². The highest BCUT2D eigenvalue weighted by Gasteiger charge is 2.20. The minimum Gasteiger partial charge on any atom is -0.501 e. The molecule has 1 unspecified atom stereocenters. The molecule has 5 heteroatoms. The van der Waals surface area contributed by atoms with E-state index < -0.39 is 0 Å². The van der Waals surface area contributed by atoms with Crippen LogP contribution in [-0.4, -0.2) is 6.61 Å². The van der Waals surface area contributed by atoms with Crippen LogP contribution in [0.5, 0.6) is 0 Å². The molecule has 1 aliphatic heterocycles. The van der Waals surface area contributed by atoms with Crippen LogP contribution in [0.2, 0.25) is 5.02 Å². The molecular weight excluding hydrogens is 351 g/mol. The summed E-state index contributed by atoms with van der Waals surface area (Å²) in [5.74, 6) is 5.66. The Balaban J connectivity index is 2.34. The van der Waals surface area contributed by atoms with Gasteiger partial charge in [0.1, 0.15) is 0 Å². The molecule has 92 valence electrons. The summed E-state index contributed by atoms with van der Waals surface area (Å²) >= 11 is 8.32. The van der Waals surface area contributed by atoms with E-state index in [-0.39, 0.29) is 6.04 Å². The van der Waals surface area contributed by atoms with Crippen molar-refractivity contribution in [1.29, 1.82) is 0 Å². The summed E-state index contributed by atoms with van der Waals surface area (Å²) in [5.41, 5.74) is 5.10. The lowest BCUT2D eigenvalue weighted by Crippen LogP contribution is -2.31. The van der Waals surface area contributed by atoms with E-state index in [4.69, 9.17) is 22.2 Å². The maximum absolute atomic E-state index is 6.03. The van der Waals surface area contributed by atoms with Gasteiger partial charge in [0.05, 0.1) is 18.9 Å². The van der Waals surface area contributed by atoms with E-state index in [0.29, 0.717) is 0 Å². The zero-order chi connectivity index (χ0) is 12.3. The third-order valence-electron chi connectivity index (χ3n) is 2.77. The summed E-state index contributed by atoms with van der Waals surface area (Å²) in [6, 6.07) is 5.79. The van der Waals surface area contributed by atoms with Crippen molar-refractivity contribution in [2.24, 2.45) is 5.84 Å². The molecular formula is C12H14ClIN2O. The van der Waals surface area contributed by atoms with E-state index in [1.54, 1.807) is 0 Å². The van der Waals surface area contributed by atoms with E-state index in [1.807, 2.05) is 24.5 Å². The minimum absolute atomic E-state index is 0.0269. The highest BCUT2D eigenvalue weighted by atomic mass is 127. The Hall–Kier alpha value is -0.300. The largest absolute Gasteiger partial charge is 0.501 e. The first-order valence-corrected chi connectivity index (χ1v) is 6.89. The third-order valence-corrected chi connectivity index (χ3v) is 3.99. The van der Waals surface area contributed by atoms with Crippen LogP contribution in [0.3, 0.4) is 0 Å². The van der Waals surface area contributed by atoms with E-state index >= 15 is 0 Å². The van der Waals surface area contributed by atoms with Crippen molar-refractivity contribution in [3.05, 3.63) is 44.2 Å². The third kappa shape index (κ3) is 3.13. The molecule has 0 radical (unpaired) electrons. The fourth-order valence-corrected chi connectivity index (χ4v) is 2.76. The topological polar surface area (TPSA) is 47.3 Å². The fourth-order valence-electron chi connectivity index (χ4n) is 1.93. The minimum atomic E-state index is -0.0269. The molecule has 1 aliphatic rings. The monoisotopic (exact) mass is 364 g/mol. The van der Waals surface area contributed by atoms with Crippen LogP contribution >= 0.6 is 34.2 Å². The van der Waals surface area contributed by atoms with Crippen molar-refractivity contribution < 1.29 is 4.74 Å². The van der Waals surface area contributed by atoms with Gasteiger partial charge in [-0.3, -0.25) is 5.84 Å². The Morgan fingerprint density at radius 2 is 2.29 bits per heavy atom. The van der Waals surface area contributed by atoms with Gasteiger partial charge in [-0.25, -0.2) is 5.43 Å². The second-order valence-electron chi connectivity index (χ2n) is 3.93. The van der Waals surface area contributed by atoms with Crippen LogP contribution in [0.4, 0.5) is 0 Å². The van der Waals surface area contributed by atoms with Crippen molar-refractivity contribution in [1.82, 2.24) is 5.43 Å². The molecule has 17 heavy (non-hydrogen) atoms. The highest BCUT2D eigenvalue weighted by molar-refractivity contribution is 14.1. The average molecular weight is 365 g/mol. The van der Waals surface area contributed by atoms with Crippen LogP contribution in [0.15, 0.2) is 30.0 Å². The molecule has 3 nitrogen and oxygen atoms in total. The summed E-state index contributed by atoms with van der Waals surface area (Å²) in [5, 5.41) is 0.720. The van der Waals surface area contributed by atoms with Crippen LogP contribution in [-0.2, 0) is 4.74 Å². The second kappa shape index (κ2) is 6.04. The molecule has 1 aromatic carbocycles. The predicted octanol–water partition coefficient (Wildman–Crippen LogP) is 3.14. The lowest BCUT2D eigenvalue weighted by molar-refractivity contribution is 0.219. The van der Waals surface area contributed by atoms with Crippen LogP contribution in [0.25, 0.3) is 0 Å². The van der Waals surface area contributed by atoms with Gasteiger partial charge in [-0.15, -0.1) is 0 Å². The van der Waals surface area contributed by atoms with Crippen LogP contribution in [0, 0.1) is 3.57 Å². The Morgan fingerprint density at radius 3 is 2.94 bits per heavy atom. The van der Waals surface area contributed by atoms with Crippen LogP contribution < -0.4 is 11.3 Å². The van der Waals surface area contributed by atoms with Gasteiger partial charge in [-0.1, -0.05) is 11.6 Å². The lowest BCUT2D eigenvalue weighted by Gasteiger charge is -2.24. The molecule has 1 atom stereocenters. The molecule has 0 saturated heterocycles. The molecule has 1 aromatic rings. The number of nitrogens with two attached hydrogens (primary N) is 1. The average Bonchev–Trinajstić information content (AvgIpc) is 2.36. The van der Waals surface area contributed by atoms with Crippen molar-refractivity contribution >= 4 is 34.2 Å². The fraction of sp³-hybridized carbons (Fsp3) is 0.333. The van der Waals surface area contributed by atoms with Crippen LogP contribution in [0.1, 0.15) is 24.4 Å². The number of benzene rings is 1. The molecule has 0 amide bonds. The maximum Gasteiger partial charge on any atom is 0.0876 e. The summed E-state index contributed by atoms with van der Waals surface area (Å²) in [6.45, 7) is 0.785. The molecule has 1 heterocycles. The Kier molecular flexibility index (Phi) is 4.67. The molecule has 0 spiro atoms. The summed E-state index contributed by atoms with van der Waals surface area (Å²) < 4.78 is 6.50. The van der Waals surface area contributed by atoms with Gasteiger partial charge in [-0.05, 0) is 64.8 Å². The zero-order valence-corrected chi connectivity index (χ0v) is 12.2. The smallest absolute Gasteiger partial charge is 0.0876 e. The SMILES string of the molecule is NNC(C1=COCCC1)c1cc(Cl)ccc1I. The predicted molar refractivity (Wildman–Crippen MR) is 77.5 cm³/mol. The first-order valence-electron chi connectivity index (χ1n) is 5.44. The van der Waals surface area contributed by atoms with Gasteiger partial charge in [0.25, 0.3) is 0 Å². The number of hydrogen-bond donors (Lipinski definition) is 2. The van der Waals surface area contributed by atoms with E-state index in [1.165, 1.54) is 5.57 Å². The lowest BCUT2D eigenvalue weighted by atomic mass is 9.96. The maximum atomic E-state index is 6.03. The molecule has 0 aromatic heterocycles. The van der Waals surface area contributed by atoms with Gasteiger partial charge in [0.15, 0.2) is 0 Å². The molecule has 0 bridgehead atoms. The normalized spacial score (nSPS) is 17.2. The molecule has 0 aliphatic carbocycles. The zero-order valence-electron chi connectivity index (χ0n) is 9.25. The van der Waals surface area contributed by atoms with Gasteiger partial charge >= 0.3 is 0 Å². The Morgan fingerprint density at radius 1 is 1.47 bits per heavy atom. The highest BCUT2D eigenvalue weighted by Crippen LogP contribution is 2.31. The summed E-state index contributed by atoms with van der Waals surface area (Å²) in [4.78, 5) is 0. The first kappa shape index (κ1) is 13.1. The molecule has 0 fully saturated rings.